The molecule has 0 bridgehead atoms. The van der Waals surface area contributed by atoms with E-state index in [0.717, 1.165) is 0 Å². The number of sulfonamides is 1. The Morgan fingerprint density at radius 3 is 2.56 bits per heavy atom. The van der Waals surface area contributed by atoms with E-state index in [1.165, 1.54) is 10.9 Å². The Balaban J connectivity index is 2.54. The zero-order chi connectivity index (χ0) is 14.0. The zero-order valence-corrected chi connectivity index (χ0v) is 11.2. The maximum atomic E-state index is 11.7. The molecule has 0 aliphatic heterocycles. The summed E-state index contributed by atoms with van der Waals surface area (Å²) in [6, 6.07) is 0. The van der Waals surface area contributed by atoms with Crippen LogP contribution in [0.2, 0.25) is 0 Å². The summed E-state index contributed by atoms with van der Waals surface area (Å²) in [6.07, 6.45) is 1.24. The fraction of sp³-hybridized carbons (Fsp3) is 0.667. The predicted octanol–water partition coefficient (Wildman–Crippen LogP) is -0.306. The monoisotopic (exact) mass is 276 g/mol. The second-order valence-corrected chi connectivity index (χ2v) is 7.20. The lowest BCUT2D eigenvalue weighted by molar-refractivity contribution is 0.0690. The number of aromatic nitrogens is 3. The van der Waals surface area contributed by atoms with Gasteiger partial charge in [0.05, 0.1) is 17.5 Å². The Hall–Kier alpha value is -1.48. The van der Waals surface area contributed by atoms with E-state index >= 15 is 0 Å². The first-order chi connectivity index (χ1) is 8.13. The largest absolute Gasteiger partial charge is 0.476 e. The van der Waals surface area contributed by atoms with Gasteiger partial charge in [-0.15, -0.1) is 5.10 Å². The van der Waals surface area contributed by atoms with Crippen LogP contribution in [-0.4, -0.2) is 45.8 Å². The summed E-state index contributed by atoms with van der Waals surface area (Å²) in [7, 11) is -3.41. The Morgan fingerprint density at radius 1 is 1.50 bits per heavy atom. The van der Waals surface area contributed by atoms with Gasteiger partial charge in [-0.05, 0) is 20.8 Å². The van der Waals surface area contributed by atoms with Crippen LogP contribution in [0.3, 0.4) is 0 Å². The van der Waals surface area contributed by atoms with Crippen molar-refractivity contribution in [1.82, 2.24) is 19.7 Å². The summed E-state index contributed by atoms with van der Waals surface area (Å²) < 4.78 is 26.2. The fourth-order valence-corrected chi connectivity index (χ4v) is 1.81. The molecule has 9 heteroatoms. The van der Waals surface area contributed by atoms with Gasteiger partial charge in [-0.3, -0.25) is 4.68 Å². The van der Waals surface area contributed by atoms with E-state index in [1.54, 1.807) is 20.8 Å². The number of carboxylic acids is 1. The molecule has 0 fully saturated rings. The topological polar surface area (TPSA) is 114 Å². The molecule has 8 nitrogen and oxygen atoms in total. The summed E-state index contributed by atoms with van der Waals surface area (Å²) in [6.45, 7) is 5.12. The van der Waals surface area contributed by atoms with Crippen molar-refractivity contribution in [3.63, 3.8) is 0 Å². The number of carboxylic acid groups (broad SMARTS) is 1. The van der Waals surface area contributed by atoms with Crippen LogP contribution in [0.15, 0.2) is 6.20 Å². The quantitative estimate of drug-likeness (QED) is 0.762. The third-order valence-electron chi connectivity index (χ3n) is 2.20. The van der Waals surface area contributed by atoms with E-state index in [0.29, 0.717) is 0 Å². The molecule has 1 aromatic heterocycles. The van der Waals surface area contributed by atoms with Crippen molar-refractivity contribution in [2.75, 3.05) is 6.54 Å². The summed E-state index contributed by atoms with van der Waals surface area (Å²) in [4.78, 5) is 10.6. The van der Waals surface area contributed by atoms with Crippen LogP contribution in [0, 0.1) is 0 Å². The van der Waals surface area contributed by atoms with Gasteiger partial charge < -0.3 is 5.11 Å². The van der Waals surface area contributed by atoms with Crippen molar-refractivity contribution in [1.29, 1.82) is 0 Å². The van der Waals surface area contributed by atoms with Gasteiger partial charge in [0, 0.05) is 6.54 Å². The highest BCUT2D eigenvalue weighted by molar-refractivity contribution is 7.90. The maximum Gasteiger partial charge on any atom is 0.358 e. The smallest absolute Gasteiger partial charge is 0.358 e. The Morgan fingerprint density at radius 2 is 2.11 bits per heavy atom. The molecule has 0 unspecified atom stereocenters. The predicted molar refractivity (Wildman–Crippen MR) is 63.7 cm³/mol. The van der Waals surface area contributed by atoms with Gasteiger partial charge in [-0.1, -0.05) is 5.21 Å². The molecule has 0 spiro atoms. The number of hydrogen-bond acceptors (Lipinski definition) is 5. The summed E-state index contributed by atoms with van der Waals surface area (Å²) in [5.41, 5.74) is -0.173. The fourth-order valence-electron chi connectivity index (χ4n) is 1.02. The van der Waals surface area contributed by atoms with Gasteiger partial charge >= 0.3 is 5.97 Å². The van der Waals surface area contributed by atoms with Crippen LogP contribution in [0.25, 0.3) is 0 Å². The Kier molecular flexibility index (Phi) is 4.07. The second kappa shape index (κ2) is 5.02. The van der Waals surface area contributed by atoms with Crippen molar-refractivity contribution in [2.24, 2.45) is 0 Å². The minimum atomic E-state index is -3.41. The lowest BCUT2D eigenvalue weighted by Gasteiger charge is -2.19. The molecule has 0 aromatic carbocycles. The summed E-state index contributed by atoms with van der Waals surface area (Å²) in [5.74, 6) is -1.17. The van der Waals surface area contributed by atoms with E-state index in [9.17, 15) is 13.2 Å². The van der Waals surface area contributed by atoms with Crippen molar-refractivity contribution in [3.05, 3.63) is 11.9 Å². The highest BCUT2D eigenvalue weighted by Gasteiger charge is 2.28. The molecule has 1 heterocycles. The zero-order valence-electron chi connectivity index (χ0n) is 10.4. The van der Waals surface area contributed by atoms with Gasteiger partial charge in [0.15, 0.2) is 5.69 Å². The SMILES string of the molecule is CC(C)(C)S(=O)(=O)NCCn1cc(C(=O)O)nn1. The van der Waals surface area contributed by atoms with E-state index in [1.807, 2.05) is 0 Å². The Labute approximate surface area is 105 Å². The molecule has 0 saturated carbocycles. The maximum absolute atomic E-state index is 11.7. The van der Waals surface area contributed by atoms with Crippen LogP contribution in [0.1, 0.15) is 31.3 Å². The Bertz CT molecular complexity index is 529. The van der Waals surface area contributed by atoms with E-state index in [2.05, 4.69) is 15.0 Å². The molecule has 102 valence electrons. The van der Waals surface area contributed by atoms with E-state index < -0.39 is 20.7 Å². The molecule has 1 aromatic rings. The number of nitrogens with zero attached hydrogens (tertiary/aromatic N) is 3. The van der Waals surface area contributed by atoms with Gasteiger partial charge in [0.25, 0.3) is 0 Å². The van der Waals surface area contributed by atoms with E-state index in [4.69, 9.17) is 5.11 Å². The first-order valence-electron chi connectivity index (χ1n) is 5.26. The average molecular weight is 276 g/mol. The standard InChI is InChI=1S/C9H16N4O4S/c1-9(2,3)18(16,17)10-4-5-13-6-7(8(14)15)11-12-13/h6,10H,4-5H2,1-3H3,(H,14,15). The number of rotatable bonds is 5. The number of hydrogen-bond donors (Lipinski definition) is 2. The third-order valence-corrected chi connectivity index (χ3v) is 4.39. The molecule has 18 heavy (non-hydrogen) atoms. The van der Waals surface area contributed by atoms with Gasteiger partial charge in [0.2, 0.25) is 10.0 Å². The first kappa shape index (κ1) is 14.6. The molecule has 1 rings (SSSR count). The average Bonchev–Trinajstić information content (AvgIpc) is 2.64. The van der Waals surface area contributed by atoms with Gasteiger partial charge in [-0.2, -0.15) is 0 Å². The third kappa shape index (κ3) is 3.50. The van der Waals surface area contributed by atoms with Crippen LogP contribution in [0.5, 0.6) is 0 Å². The van der Waals surface area contributed by atoms with Crippen LogP contribution < -0.4 is 4.72 Å². The summed E-state index contributed by atoms with van der Waals surface area (Å²) in [5, 5.41) is 15.6. The highest BCUT2D eigenvalue weighted by atomic mass is 32.2. The number of nitrogens with one attached hydrogen (secondary N) is 1. The molecular weight excluding hydrogens is 260 g/mol. The number of aromatic carboxylic acids is 1. The highest BCUT2D eigenvalue weighted by Crippen LogP contribution is 2.12. The molecule has 0 aliphatic rings. The van der Waals surface area contributed by atoms with Gasteiger partial charge in [-0.25, -0.2) is 17.9 Å². The molecule has 0 saturated heterocycles. The molecular formula is C9H16N4O4S. The minimum Gasteiger partial charge on any atom is -0.476 e. The minimum absolute atomic E-state index is 0.127. The van der Waals surface area contributed by atoms with Crippen molar-refractivity contribution >= 4 is 16.0 Å². The first-order valence-corrected chi connectivity index (χ1v) is 6.74. The van der Waals surface area contributed by atoms with Crippen molar-refractivity contribution < 1.29 is 18.3 Å². The lowest BCUT2D eigenvalue weighted by atomic mass is 10.3. The molecule has 0 radical (unpaired) electrons. The normalized spacial score (nSPS) is 12.6. The van der Waals surface area contributed by atoms with Crippen LogP contribution in [0.4, 0.5) is 0 Å². The van der Waals surface area contributed by atoms with Crippen LogP contribution >= 0.6 is 0 Å². The lowest BCUT2D eigenvalue weighted by Crippen LogP contribution is -2.40. The van der Waals surface area contributed by atoms with Crippen molar-refractivity contribution in [2.45, 2.75) is 32.1 Å². The molecule has 2 N–H and O–H groups in total. The van der Waals surface area contributed by atoms with Gasteiger partial charge in [0.1, 0.15) is 0 Å². The molecule has 0 amide bonds. The molecule has 0 aliphatic carbocycles. The second-order valence-electron chi connectivity index (χ2n) is 4.68. The molecule has 0 atom stereocenters. The summed E-state index contributed by atoms with van der Waals surface area (Å²) >= 11 is 0. The van der Waals surface area contributed by atoms with E-state index in [-0.39, 0.29) is 18.8 Å². The van der Waals surface area contributed by atoms with Crippen LogP contribution in [-0.2, 0) is 16.6 Å². The van der Waals surface area contributed by atoms with Crippen molar-refractivity contribution in [3.8, 4) is 0 Å². The number of carbonyl (C=O) groups is 1.